The second kappa shape index (κ2) is 13.7. The fourth-order valence-electron chi connectivity index (χ4n) is 6.76. The molecule has 6 rings (SSSR count). The van der Waals surface area contributed by atoms with Gasteiger partial charge in [-0.15, -0.1) is 6.58 Å². The molecule has 3 N–H and O–H groups in total. The van der Waals surface area contributed by atoms with Gasteiger partial charge in [0.2, 0.25) is 11.8 Å². The fraction of sp³-hybridized carbons (Fsp3) is 0.432. The van der Waals surface area contributed by atoms with Gasteiger partial charge in [0.15, 0.2) is 0 Å². The van der Waals surface area contributed by atoms with Gasteiger partial charge >= 0.3 is 12.1 Å². The maximum Gasteiger partial charge on any atom is 0.407 e. The molecule has 2 fully saturated rings. The Morgan fingerprint density at radius 2 is 1.92 bits per heavy atom. The van der Waals surface area contributed by atoms with E-state index in [0.29, 0.717) is 12.2 Å². The van der Waals surface area contributed by atoms with Crippen molar-refractivity contribution in [1.29, 1.82) is 0 Å². The maximum atomic E-state index is 14.2. The van der Waals surface area contributed by atoms with Crippen molar-refractivity contribution in [2.24, 2.45) is 11.8 Å². The normalized spacial score (nSPS) is 26.2. The fourth-order valence-corrected chi connectivity index (χ4v) is 6.76. The number of hydrogen-bond donors (Lipinski definition) is 3. The number of ether oxygens (including phenoxy) is 2. The molecule has 11 heteroatoms. The number of carbonyl (C=O) groups excluding carboxylic acids is 3. The number of aromatic nitrogens is 1. The lowest BCUT2D eigenvalue weighted by molar-refractivity contribution is -0.145. The number of aliphatic carboxylic acids is 1. The number of fused-ring (bicyclic) bond motifs is 3. The number of aryl methyl sites for hydroxylation is 1. The minimum Gasteiger partial charge on any atom is -0.488 e. The summed E-state index contributed by atoms with van der Waals surface area (Å²) in [4.78, 5) is 59.4. The Bertz CT molecular complexity index is 1730. The van der Waals surface area contributed by atoms with E-state index in [1.807, 2.05) is 42.5 Å². The molecule has 3 aliphatic rings. The summed E-state index contributed by atoms with van der Waals surface area (Å²) in [5, 5.41) is 16.2. The second-order valence-corrected chi connectivity index (χ2v) is 13.3. The van der Waals surface area contributed by atoms with Crippen LogP contribution < -0.4 is 15.4 Å². The third-order valence-electron chi connectivity index (χ3n) is 9.62. The zero-order valence-corrected chi connectivity index (χ0v) is 27.3. The number of nitrogens with one attached hydrogen (secondary N) is 2. The van der Waals surface area contributed by atoms with E-state index >= 15 is 0 Å². The minimum atomic E-state index is -1.47. The van der Waals surface area contributed by atoms with Gasteiger partial charge in [-0.05, 0) is 55.7 Å². The molecule has 2 aliphatic heterocycles. The molecular weight excluding hydrogens is 612 g/mol. The zero-order chi connectivity index (χ0) is 34.0. The van der Waals surface area contributed by atoms with E-state index in [-0.39, 0.29) is 31.9 Å². The highest BCUT2D eigenvalue weighted by atomic mass is 16.5. The summed E-state index contributed by atoms with van der Waals surface area (Å²) < 4.78 is 12.1. The minimum absolute atomic E-state index is 0.0476. The van der Waals surface area contributed by atoms with Gasteiger partial charge in [-0.25, -0.2) is 14.6 Å². The third kappa shape index (κ3) is 6.72. The molecule has 5 atom stereocenters. The van der Waals surface area contributed by atoms with E-state index in [2.05, 4.69) is 29.3 Å². The van der Waals surface area contributed by atoms with Crippen LogP contribution in [0.15, 0.2) is 67.3 Å². The van der Waals surface area contributed by atoms with Gasteiger partial charge in [-0.3, -0.25) is 9.59 Å². The number of amides is 3. The number of cyclic esters (lactones) is 1. The van der Waals surface area contributed by atoms with Gasteiger partial charge in [0.1, 0.15) is 29.5 Å². The van der Waals surface area contributed by atoms with Crippen LogP contribution in [0.1, 0.15) is 51.5 Å². The topological polar surface area (TPSA) is 147 Å². The first-order valence-electron chi connectivity index (χ1n) is 16.7. The largest absolute Gasteiger partial charge is 0.488 e. The number of nitrogens with zero attached hydrogens (tertiary/aromatic N) is 2. The molecule has 48 heavy (non-hydrogen) atoms. The number of carboxylic acids is 1. The Hall–Kier alpha value is -4.93. The smallest absolute Gasteiger partial charge is 0.407 e. The summed E-state index contributed by atoms with van der Waals surface area (Å²) in [7, 11) is 0. The summed E-state index contributed by atoms with van der Waals surface area (Å²) in [5.74, 6) is -2.38. The van der Waals surface area contributed by atoms with Gasteiger partial charge in [0.25, 0.3) is 0 Å². The van der Waals surface area contributed by atoms with Crippen LogP contribution in [0.25, 0.3) is 22.2 Å². The predicted molar refractivity (Wildman–Crippen MR) is 179 cm³/mol. The van der Waals surface area contributed by atoms with E-state index in [1.54, 1.807) is 13.8 Å². The molecule has 1 saturated heterocycles. The Kier molecular flexibility index (Phi) is 9.39. The summed E-state index contributed by atoms with van der Waals surface area (Å²) in [6.07, 6.45) is 3.78. The van der Waals surface area contributed by atoms with Crippen molar-refractivity contribution in [2.45, 2.75) is 76.1 Å². The van der Waals surface area contributed by atoms with E-state index < -0.39 is 53.5 Å². The average Bonchev–Trinajstić information content (AvgIpc) is 3.64. The van der Waals surface area contributed by atoms with Crippen LogP contribution in [0, 0.1) is 11.8 Å². The van der Waals surface area contributed by atoms with Gasteiger partial charge in [-0.2, -0.15) is 0 Å². The van der Waals surface area contributed by atoms with Crippen LogP contribution in [0.3, 0.4) is 0 Å². The molecule has 1 aromatic heterocycles. The molecule has 0 unspecified atom stereocenters. The van der Waals surface area contributed by atoms with Crippen molar-refractivity contribution in [2.75, 3.05) is 13.2 Å². The Labute approximate surface area is 279 Å². The summed E-state index contributed by atoms with van der Waals surface area (Å²) in [5.41, 5.74) is 2.04. The number of rotatable bonds is 6. The third-order valence-corrected chi connectivity index (χ3v) is 9.62. The first kappa shape index (κ1) is 33.0. The van der Waals surface area contributed by atoms with Crippen LogP contribution in [-0.4, -0.2) is 75.7 Å². The highest BCUT2D eigenvalue weighted by Gasteiger charge is 2.61. The van der Waals surface area contributed by atoms with Crippen LogP contribution in [0.2, 0.25) is 0 Å². The molecule has 11 nitrogen and oxygen atoms in total. The molecule has 3 heterocycles. The van der Waals surface area contributed by atoms with Crippen LogP contribution >= 0.6 is 0 Å². The number of alkyl carbamates (subject to hydrolysis) is 1. The number of pyridine rings is 1. The number of carboxylic acid groups (broad SMARTS) is 1. The molecule has 3 amide bonds. The van der Waals surface area contributed by atoms with Gasteiger partial charge in [0, 0.05) is 29.4 Å². The highest BCUT2D eigenvalue weighted by molar-refractivity contribution is 5.96. The molecule has 0 spiro atoms. The van der Waals surface area contributed by atoms with Crippen molar-refractivity contribution in [3.8, 4) is 17.0 Å². The first-order valence-corrected chi connectivity index (χ1v) is 16.7. The summed E-state index contributed by atoms with van der Waals surface area (Å²) >= 11 is 0. The lowest BCUT2D eigenvalue weighted by Crippen LogP contribution is -2.57. The van der Waals surface area contributed by atoms with Gasteiger partial charge in [0.05, 0.1) is 24.4 Å². The maximum absolute atomic E-state index is 14.2. The van der Waals surface area contributed by atoms with Crippen molar-refractivity contribution < 1.29 is 33.8 Å². The SMILES string of the molecule is C=C[C@@H]1C[C@]1(NC(=O)[C@@H]1C[C@@H]2CN1C(=O)[C@H](C(C)C)NC(=O)OCCCCCc1ccc3nc(-c4ccccc4)cc(c3c1)O2)C(=O)O. The van der Waals surface area contributed by atoms with Gasteiger partial charge in [-0.1, -0.05) is 56.3 Å². The van der Waals surface area contributed by atoms with Crippen molar-refractivity contribution in [3.05, 3.63) is 72.8 Å². The molecule has 4 bridgehead atoms. The van der Waals surface area contributed by atoms with Crippen molar-refractivity contribution in [1.82, 2.24) is 20.5 Å². The molecule has 252 valence electrons. The number of hydrogen-bond acceptors (Lipinski definition) is 7. The van der Waals surface area contributed by atoms with E-state index in [1.165, 1.54) is 11.0 Å². The highest BCUT2D eigenvalue weighted by Crippen LogP contribution is 2.45. The Balaban J connectivity index is 1.39. The van der Waals surface area contributed by atoms with Crippen molar-refractivity contribution in [3.63, 3.8) is 0 Å². The van der Waals surface area contributed by atoms with Crippen molar-refractivity contribution >= 4 is 34.8 Å². The standard InChI is InChI=1S/C37H42N4O7/c1-4-25-20-37(25,35(44)45)40-33(42)30-18-26-21-41(30)34(43)32(22(2)3)39-36(46)47-16-10-6-7-11-23-14-15-28-27(17-23)31(48-26)19-29(38-28)24-12-8-5-9-13-24/h4-5,8-9,12-15,17,19,22,25-26,30,32H,1,6-7,10-11,16,18,20-21H2,2-3H3,(H,39,46)(H,40,42)(H,44,45)/t25-,26-,30+,32+,37-/m1/s1. The van der Waals surface area contributed by atoms with E-state index in [0.717, 1.165) is 47.0 Å². The molecule has 1 aliphatic carbocycles. The molecule has 1 saturated carbocycles. The lowest BCUT2D eigenvalue weighted by atomic mass is 10.0. The monoisotopic (exact) mass is 654 g/mol. The lowest BCUT2D eigenvalue weighted by Gasteiger charge is -2.30. The van der Waals surface area contributed by atoms with E-state index in [4.69, 9.17) is 14.5 Å². The summed E-state index contributed by atoms with van der Waals surface area (Å²) in [6, 6.07) is 15.8. The quantitative estimate of drug-likeness (QED) is 0.319. The van der Waals surface area contributed by atoms with Crippen LogP contribution in [0.4, 0.5) is 4.79 Å². The Morgan fingerprint density at radius 3 is 2.62 bits per heavy atom. The van der Waals surface area contributed by atoms with Crippen LogP contribution in [-0.2, 0) is 25.5 Å². The Morgan fingerprint density at radius 1 is 1.12 bits per heavy atom. The average molecular weight is 655 g/mol. The zero-order valence-electron chi connectivity index (χ0n) is 27.3. The van der Waals surface area contributed by atoms with Crippen LogP contribution in [0.5, 0.6) is 5.75 Å². The number of benzene rings is 2. The van der Waals surface area contributed by atoms with Gasteiger partial charge < -0.3 is 30.1 Å². The molecule has 0 radical (unpaired) electrons. The number of carbonyl (C=O) groups is 4. The first-order chi connectivity index (χ1) is 23.1. The summed E-state index contributed by atoms with van der Waals surface area (Å²) in [6.45, 7) is 7.58. The predicted octanol–water partition coefficient (Wildman–Crippen LogP) is 4.87. The second-order valence-electron chi connectivity index (χ2n) is 13.3. The molecule has 3 aromatic rings. The molecule has 2 aromatic carbocycles. The molecular formula is C37H42N4O7. The van der Waals surface area contributed by atoms with E-state index in [9.17, 15) is 24.3 Å².